The first kappa shape index (κ1) is 12.1. The lowest BCUT2D eigenvalue weighted by atomic mass is 10.2. The predicted molar refractivity (Wildman–Crippen MR) is 68.3 cm³/mol. The molecule has 5 heteroatoms. The number of nitrogens with zero attached hydrogens (tertiary/aromatic N) is 2. The number of hydrogen-bond acceptors (Lipinski definition) is 4. The van der Waals surface area contributed by atoms with Gasteiger partial charge in [-0.1, -0.05) is 12.8 Å². The number of aromatic nitrogens is 2. The molecule has 1 saturated heterocycles. The maximum absolute atomic E-state index is 11.1. The van der Waals surface area contributed by atoms with Gasteiger partial charge in [-0.25, -0.2) is 4.98 Å². The quantitative estimate of drug-likeness (QED) is 0.820. The highest BCUT2D eigenvalue weighted by Gasteiger charge is 2.07. The second-order valence-electron chi connectivity index (χ2n) is 4.48. The van der Waals surface area contributed by atoms with Crippen LogP contribution in [0.1, 0.15) is 25.7 Å². The van der Waals surface area contributed by atoms with Crippen molar-refractivity contribution in [3.05, 3.63) is 22.7 Å². The Hall–Kier alpha value is -1.36. The molecule has 2 rings (SSSR count). The van der Waals surface area contributed by atoms with Gasteiger partial charge in [0.05, 0.1) is 6.33 Å². The van der Waals surface area contributed by atoms with Gasteiger partial charge in [0, 0.05) is 19.2 Å². The molecule has 1 aromatic heterocycles. The number of H-pyrrole nitrogens is 1. The molecule has 2 heterocycles. The summed E-state index contributed by atoms with van der Waals surface area (Å²) >= 11 is 0. The zero-order valence-electron chi connectivity index (χ0n) is 10.1. The van der Waals surface area contributed by atoms with E-state index in [1.165, 1.54) is 51.2 Å². The zero-order chi connectivity index (χ0) is 11.9. The number of anilines is 1. The van der Waals surface area contributed by atoms with Crippen LogP contribution in [0.5, 0.6) is 0 Å². The molecule has 2 N–H and O–H groups in total. The SMILES string of the molecule is O=c1cc(NCCN2CCCCCC2)nc[nH]1. The molecule has 0 bridgehead atoms. The maximum Gasteiger partial charge on any atom is 0.252 e. The topological polar surface area (TPSA) is 61.0 Å². The third kappa shape index (κ3) is 4.19. The first-order valence-electron chi connectivity index (χ1n) is 6.35. The third-order valence-electron chi connectivity index (χ3n) is 3.11. The van der Waals surface area contributed by atoms with Crippen LogP contribution in [0.4, 0.5) is 5.82 Å². The van der Waals surface area contributed by atoms with Crippen molar-refractivity contribution < 1.29 is 0 Å². The van der Waals surface area contributed by atoms with E-state index in [2.05, 4.69) is 20.2 Å². The normalized spacial score (nSPS) is 17.6. The summed E-state index contributed by atoms with van der Waals surface area (Å²) in [6, 6.07) is 1.49. The van der Waals surface area contributed by atoms with E-state index < -0.39 is 0 Å². The lowest BCUT2D eigenvalue weighted by Gasteiger charge is -2.19. The minimum Gasteiger partial charge on any atom is -0.369 e. The van der Waals surface area contributed by atoms with E-state index in [0.29, 0.717) is 5.82 Å². The van der Waals surface area contributed by atoms with Crippen molar-refractivity contribution in [2.24, 2.45) is 0 Å². The smallest absolute Gasteiger partial charge is 0.252 e. The Balaban J connectivity index is 1.73. The Kier molecular flexibility index (Phi) is 4.55. The second kappa shape index (κ2) is 6.39. The first-order chi connectivity index (χ1) is 8.34. The van der Waals surface area contributed by atoms with Gasteiger partial charge in [0.2, 0.25) is 0 Å². The average molecular weight is 236 g/mol. The van der Waals surface area contributed by atoms with E-state index in [9.17, 15) is 4.79 Å². The third-order valence-corrected chi connectivity index (χ3v) is 3.11. The molecule has 17 heavy (non-hydrogen) atoms. The summed E-state index contributed by atoms with van der Waals surface area (Å²) in [6.45, 7) is 4.26. The van der Waals surface area contributed by atoms with Crippen LogP contribution in [-0.4, -0.2) is 41.0 Å². The van der Waals surface area contributed by atoms with Gasteiger partial charge >= 0.3 is 0 Å². The number of likely N-dealkylation sites (tertiary alicyclic amines) is 1. The molecule has 0 aliphatic carbocycles. The molecule has 0 amide bonds. The summed E-state index contributed by atoms with van der Waals surface area (Å²) in [6.07, 6.45) is 6.77. The summed E-state index contributed by atoms with van der Waals surface area (Å²) in [4.78, 5) is 20.1. The fourth-order valence-electron chi connectivity index (χ4n) is 2.17. The molecule has 0 aromatic carbocycles. The van der Waals surface area contributed by atoms with Crippen LogP contribution in [0.2, 0.25) is 0 Å². The van der Waals surface area contributed by atoms with E-state index in [1.807, 2.05) is 0 Å². The standard InChI is InChI=1S/C12H20N4O/c17-12-9-11(14-10-15-12)13-5-8-16-6-3-1-2-4-7-16/h9-10H,1-8H2,(H2,13,14,15,17). The van der Waals surface area contributed by atoms with Crippen molar-refractivity contribution in [3.63, 3.8) is 0 Å². The lowest BCUT2D eigenvalue weighted by Crippen LogP contribution is -2.30. The van der Waals surface area contributed by atoms with Gasteiger partial charge in [-0.2, -0.15) is 0 Å². The largest absolute Gasteiger partial charge is 0.369 e. The van der Waals surface area contributed by atoms with Gasteiger partial charge in [0.15, 0.2) is 0 Å². The molecule has 0 saturated carbocycles. The van der Waals surface area contributed by atoms with Crippen molar-refractivity contribution in [1.82, 2.24) is 14.9 Å². The van der Waals surface area contributed by atoms with Gasteiger partial charge in [-0.3, -0.25) is 4.79 Å². The highest BCUT2D eigenvalue weighted by Crippen LogP contribution is 2.08. The highest BCUT2D eigenvalue weighted by atomic mass is 16.1. The van der Waals surface area contributed by atoms with Crippen LogP contribution in [0.25, 0.3) is 0 Å². The Morgan fingerprint density at radius 3 is 2.76 bits per heavy atom. The highest BCUT2D eigenvalue weighted by molar-refractivity contribution is 5.31. The molecule has 94 valence electrons. The first-order valence-corrected chi connectivity index (χ1v) is 6.35. The molecule has 1 aromatic rings. The molecule has 0 unspecified atom stereocenters. The summed E-state index contributed by atoms with van der Waals surface area (Å²) in [7, 11) is 0. The van der Waals surface area contributed by atoms with Crippen LogP contribution < -0.4 is 10.9 Å². The molecule has 1 aliphatic rings. The zero-order valence-corrected chi connectivity index (χ0v) is 10.1. The van der Waals surface area contributed by atoms with Gasteiger partial charge in [0.1, 0.15) is 5.82 Å². The van der Waals surface area contributed by atoms with Gasteiger partial charge in [-0.15, -0.1) is 0 Å². The Labute approximate surface area is 101 Å². The van der Waals surface area contributed by atoms with E-state index >= 15 is 0 Å². The van der Waals surface area contributed by atoms with Crippen LogP contribution in [0.3, 0.4) is 0 Å². The van der Waals surface area contributed by atoms with Gasteiger partial charge in [-0.05, 0) is 25.9 Å². The van der Waals surface area contributed by atoms with Crippen LogP contribution >= 0.6 is 0 Å². The maximum atomic E-state index is 11.1. The summed E-state index contributed by atoms with van der Waals surface area (Å²) < 4.78 is 0. The van der Waals surface area contributed by atoms with E-state index in [4.69, 9.17) is 0 Å². The Morgan fingerprint density at radius 1 is 1.29 bits per heavy atom. The van der Waals surface area contributed by atoms with Gasteiger partial charge in [0.25, 0.3) is 5.56 Å². The summed E-state index contributed by atoms with van der Waals surface area (Å²) in [5, 5.41) is 3.18. The molecule has 0 atom stereocenters. The number of hydrogen-bond donors (Lipinski definition) is 2. The molecular weight excluding hydrogens is 216 g/mol. The van der Waals surface area contributed by atoms with Crippen molar-refractivity contribution in [3.8, 4) is 0 Å². The minimum absolute atomic E-state index is 0.114. The summed E-state index contributed by atoms with van der Waals surface area (Å²) in [5.74, 6) is 0.656. The summed E-state index contributed by atoms with van der Waals surface area (Å²) in [5.41, 5.74) is -0.114. The van der Waals surface area contributed by atoms with E-state index in [1.54, 1.807) is 0 Å². The van der Waals surface area contributed by atoms with Crippen molar-refractivity contribution in [2.75, 3.05) is 31.5 Å². The molecule has 0 radical (unpaired) electrons. The van der Waals surface area contributed by atoms with Crippen molar-refractivity contribution in [2.45, 2.75) is 25.7 Å². The fraction of sp³-hybridized carbons (Fsp3) is 0.667. The molecule has 1 fully saturated rings. The van der Waals surface area contributed by atoms with E-state index in [-0.39, 0.29) is 5.56 Å². The predicted octanol–water partition coefficient (Wildman–Crippen LogP) is 1.06. The second-order valence-corrected chi connectivity index (χ2v) is 4.48. The van der Waals surface area contributed by atoms with Crippen molar-refractivity contribution >= 4 is 5.82 Å². The Bertz CT molecular complexity index is 382. The molecular formula is C12H20N4O. The van der Waals surface area contributed by atoms with E-state index in [0.717, 1.165) is 13.1 Å². The van der Waals surface area contributed by atoms with Gasteiger partial charge < -0.3 is 15.2 Å². The molecule has 0 spiro atoms. The average Bonchev–Trinajstić information content (AvgIpc) is 2.58. The molecule has 5 nitrogen and oxygen atoms in total. The monoisotopic (exact) mass is 236 g/mol. The number of aromatic amines is 1. The van der Waals surface area contributed by atoms with Crippen molar-refractivity contribution in [1.29, 1.82) is 0 Å². The van der Waals surface area contributed by atoms with Crippen LogP contribution in [-0.2, 0) is 0 Å². The lowest BCUT2D eigenvalue weighted by molar-refractivity contribution is 0.296. The fourth-order valence-corrected chi connectivity index (χ4v) is 2.17. The number of rotatable bonds is 4. The van der Waals surface area contributed by atoms with Crippen LogP contribution in [0, 0.1) is 0 Å². The number of nitrogens with one attached hydrogen (secondary N) is 2. The minimum atomic E-state index is -0.114. The Morgan fingerprint density at radius 2 is 2.06 bits per heavy atom. The van der Waals surface area contributed by atoms with Crippen LogP contribution in [0.15, 0.2) is 17.2 Å². The molecule has 1 aliphatic heterocycles.